The molecular weight excluding hydrogens is 304 g/mol. The summed E-state index contributed by atoms with van der Waals surface area (Å²) in [6, 6.07) is 14.9. The Hall–Kier alpha value is -3.11. The van der Waals surface area contributed by atoms with E-state index in [1.807, 2.05) is 36.4 Å². The zero-order valence-corrected chi connectivity index (χ0v) is 12.9. The van der Waals surface area contributed by atoms with Crippen LogP contribution in [0.1, 0.15) is 0 Å². The van der Waals surface area contributed by atoms with E-state index < -0.39 is 12.3 Å². The van der Waals surface area contributed by atoms with Crippen LogP contribution in [0.4, 0.5) is 0 Å². The number of fused-ring (bicyclic) bond motifs is 3. The summed E-state index contributed by atoms with van der Waals surface area (Å²) in [6.07, 6.45) is 1.41. The average Bonchev–Trinajstić information content (AvgIpc) is 2.60. The van der Waals surface area contributed by atoms with Crippen molar-refractivity contribution in [3.63, 3.8) is 0 Å². The molecule has 120 valence electrons. The van der Waals surface area contributed by atoms with E-state index in [2.05, 4.69) is 13.2 Å². The lowest BCUT2D eigenvalue weighted by Crippen LogP contribution is -2.10. The third kappa shape index (κ3) is 3.14. The van der Waals surface area contributed by atoms with Gasteiger partial charge in [0.15, 0.2) is 0 Å². The molecule has 0 saturated heterocycles. The number of aliphatic hydroxyl groups excluding tert-OH is 1. The number of benzene rings is 3. The van der Waals surface area contributed by atoms with E-state index in [1.54, 1.807) is 12.1 Å². The van der Waals surface area contributed by atoms with Crippen molar-refractivity contribution in [3.8, 4) is 11.5 Å². The van der Waals surface area contributed by atoms with Gasteiger partial charge < -0.3 is 14.6 Å². The molecule has 1 atom stereocenters. The minimum absolute atomic E-state index is 0.473. The third-order valence-electron chi connectivity index (χ3n) is 3.62. The van der Waals surface area contributed by atoms with Gasteiger partial charge in [-0.15, -0.1) is 0 Å². The van der Waals surface area contributed by atoms with Gasteiger partial charge in [-0.25, -0.2) is 4.79 Å². The lowest BCUT2D eigenvalue weighted by atomic mass is 10.0. The van der Waals surface area contributed by atoms with Gasteiger partial charge in [-0.3, -0.25) is 0 Å². The van der Waals surface area contributed by atoms with E-state index in [0.29, 0.717) is 11.5 Å². The Morgan fingerprint density at radius 2 is 1.54 bits per heavy atom. The highest BCUT2D eigenvalue weighted by atomic mass is 16.6. The summed E-state index contributed by atoms with van der Waals surface area (Å²) in [5, 5.41) is 13.5. The fourth-order valence-electron chi connectivity index (χ4n) is 2.51. The second kappa shape index (κ2) is 6.56. The molecule has 1 N–H and O–H groups in total. The molecule has 4 nitrogen and oxygen atoms in total. The van der Waals surface area contributed by atoms with Crippen molar-refractivity contribution >= 4 is 27.5 Å². The number of aliphatic hydroxyl groups is 1. The molecule has 0 spiro atoms. The van der Waals surface area contributed by atoms with Crippen LogP contribution in [0.15, 0.2) is 73.8 Å². The summed E-state index contributed by atoms with van der Waals surface area (Å²) in [5.74, 6) is 0.546. The number of hydrogen-bond donors (Lipinski definition) is 1. The molecule has 1 unspecified atom stereocenters. The van der Waals surface area contributed by atoms with Gasteiger partial charge >= 0.3 is 5.97 Å². The summed E-state index contributed by atoms with van der Waals surface area (Å²) in [5.41, 5.74) is 0. The zero-order valence-electron chi connectivity index (χ0n) is 12.9. The molecule has 0 amide bonds. The van der Waals surface area contributed by atoms with Gasteiger partial charge in [0, 0.05) is 6.08 Å². The smallest absolute Gasteiger partial charge is 0.335 e. The van der Waals surface area contributed by atoms with Gasteiger partial charge in [-0.05, 0) is 51.9 Å². The standard InChI is InChI=1S/C20H16O4/c1-3-19(21)23-15-7-9-17-13(11-15)5-6-14-12-16(8-10-18(14)17)24-20(22)4-2/h3-12,19,21H,1-2H2. The van der Waals surface area contributed by atoms with E-state index in [-0.39, 0.29) is 0 Å². The maximum absolute atomic E-state index is 11.3. The van der Waals surface area contributed by atoms with Crippen LogP contribution in [0.3, 0.4) is 0 Å². The van der Waals surface area contributed by atoms with Crippen LogP contribution < -0.4 is 9.47 Å². The Morgan fingerprint density at radius 3 is 2.12 bits per heavy atom. The number of carbonyl (C=O) groups excluding carboxylic acids is 1. The first kappa shape index (κ1) is 15.8. The molecule has 0 fully saturated rings. The summed E-state index contributed by atoms with van der Waals surface area (Å²) in [7, 11) is 0. The largest absolute Gasteiger partial charge is 0.461 e. The summed E-state index contributed by atoms with van der Waals surface area (Å²) in [4.78, 5) is 11.3. The summed E-state index contributed by atoms with van der Waals surface area (Å²) >= 11 is 0. The van der Waals surface area contributed by atoms with E-state index in [1.165, 1.54) is 6.08 Å². The van der Waals surface area contributed by atoms with Crippen molar-refractivity contribution in [3.05, 3.63) is 73.8 Å². The SMILES string of the molecule is C=CC(=O)Oc1ccc2c(ccc3cc(OC(O)C=C)ccc32)c1. The highest BCUT2D eigenvalue weighted by Gasteiger charge is 2.07. The van der Waals surface area contributed by atoms with Crippen LogP contribution >= 0.6 is 0 Å². The van der Waals surface area contributed by atoms with E-state index in [0.717, 1.165) is 27.6 Å². The van der Waals surface area contributed by atoms with Gasteiger partial charge in [0.25, 0.3) is 0 Å². The van der Waals surface area contributed by atoms with Gasteiger partial charge in [-0.2, -0.15) is 0 Å². The molecule has 3 aromatic carbocycles. The summed E-state index contributed by atoms with van der Waals surface area (Å²) in [6.45, 7) is 6.86. The molecular formula is C20H16O4. The van der Waals surface area contributed by atoms with Crippen molar-refractivity contribution in [2.24, 2.45) is 0 Å². The number of hydrogen-bond acceptors (Lipinski definition) is 4. The second-order valence-corrected chi connectivity index (χ2v) is 5.20. The average molecular weight is 320 g/mol. The van der Waals surface area contributed by atoms with Crippen molar-refractivity contribution in [1.29, 1.82) is 0 Å². The van der Waals surface area contributed by atoms with E-state index in [4.69, 9.17) is 9.47 Å². The molecule has 0 aliphatic rings. The Bertz CT molecular complexity index is 943. The fraction of sp³-hybridized carbons (Fsp3) is 0.0500. The minimum atomic E-state index is -1.04. The van der Waals surface area contributed by atoms with Crippen molar-refractivity contribution in [2.75, 3.05) is 0 Å². The van der Waals surface area contributed by atoms with Crippen molar-refractivity contribution < 1.29 is 19.4 Å². The Balaban J connectivity index is 2.02. The Labute approximate surface area is 139 Å². The number of rotatable bonds is 5. The number of carbonyl (C=O) groups is 1. The van der Waals surface area contributed by atoms with Crippen LogP contribution in [0, 0.1) is 0 Å². The molecule has 0 heterocycles. The molecule has 0 aliphatic heterocycles. The molecule has 0 bridgehead atoms. The molecule has 0 radical (unpaired) electrons. The predicted octanol–water partition coefficient (Wildman–Crippen LogP) is 3.97. The topological polar surface area (TPSA) is 55.8 Å². The summed E-state index contributed by atoms with van der Waals surface area (Å²) < 4.78 is 10.5. The van der Waals surface area contributed by atoms with Crippen LogP contribution in [0.25, 0.3) is 21.5 Å². The lowest BCUT2D eigenvalue weighted by molar-refractivity contribution is -0.128. The van der Waals surface area contributed by atoms with E-state index in [9.17, 15) is 9.90 Å². The predicted molar refractivity (Wildman–Crippen MR) is 94.1 cm³/mol. The van der Waals surface area contributed by atoms with Crippen LogP contribution in [-0.2, 0) is 4.79 Å². The maximum Gasteiger partial charge on any atom is 0.335 e. The first-order valence-corrected chi connectivity index (χ1v) is 7.39. The molecule has 3 rings (SSSR count). The number of ether oxygens (including phenoxy) is 2. The van der Waals surface area contributed by atoms with Crippen LogP contribution in [-0.4, -0.2) is 17.4 Å². The lowest BCUT2D eigenvalue weighted by Gasteiger charge is -2.11. The highest BCUT2D eigenvalue weighted by Crippen LogP contribution is 2.30. The monoisotopic (exact) mass is 320 g/mol. The minimum Gasteiger partial charge on any atom is -0.461 e. The Morgan fingerprint density at radius 1 is 0.958 bits per heavy atom. The Kier molecular flexibility index (Phi) is 4.31. The number of esters is 1. The fourth-order valence-corrected chi connectivity index (χ4v) is 2.51. The van der Waals surface area contributed by atoms with Crippen molar-refractivity contribution in [1.82, 2.24) is 0 Å². The van der Waals surface area contributed by atoms with Gasteiger partial charge in [-0.1, -0.05) is 37.4 Å². The molecule has 0 aromatic heterocycles. The second-order valence-electron chi connectivity index (χ2n) is 5.20. The van der Waals surface area contributed by atoms with Crippen LogP contribution in [0.5, 0.6) is 11.5 Å². The third-order valence-corrected chi connectivity index (χ3v) is 3.62. The molecule has 3 aromatic rings. The normalized spacial score (nSPS) is 11.9. The molecule has 0 aliphatic carbocycles. The van der Waals surface area contributed by atoms with Gasteiger partial charge in [0.1, 0.15) is 11.5 Å². The highest BCUT2D eigenvalue weighted by molar-refractivity contribution is 6.08. The van der Waals surface area contributed by atoms with Crippen molar-refractivity contribution in [2.45, 2.75) is 6.29 Å². The van der Waals surface area contributed by atoms with Gasteiger partial charge in [0.05, 0.1) is 0 Å². The van der Waals surface area contributed by atoms with E-state index >= 15 is 0 Å². The molecule has 0 saturated carbocycles. The van der Waals surface area contributed by atoms with Crippen LogP contribution in [0.2, 0.25) is 0 Å². The van der Waals surface area contributed by atoms with Gasteiger partial charge in [0.2, 0.25) is 6.29 Å². The molecule has 4 heteroatoms. The first-order valence-electron chi connectivity index (χ1n) is 7.39. The quantitative estimate of drug-likeness (QED) is 0.193. The molecule has 24 heavy (non-hydrogen) atoms. The maximum atomic E-state index is 11.3. The first-order chi connectivity index (χ1) is 11.6. The zero-order chi connectivity index (χ0) is 17.1.